The summed E-state index contributed by atoms with van der Waals surface area (Å²) < 4.78 is 5.89. The number of carbonyl (C=O) groups excluding carboxylic acids is 2. The highest BCUT2D eigenvalue weighted by molar-refractivity contribution is 9.10. The predicted molar refractivity (Wildman–Crippen MR) is 94.2 cm³/mol. The number of benzene rings is 2. The van der Waals surface area contributed by atoms with E-state index in [-0.39, 0.29) is 11.9 Å². The van der Waals surface area contributed by atoms with Crippen LogP contribution in [0.3, 0.4) is 0 Å². The first-order chi connectivity index (χ1) is 11.1. The van der Waals surface area contributed by atoms with E-state index in [2.05, 4.69) is 21.2 Å². The second-order valence-electron chi connectivity index (χ2n) is 4.67. The molecule has 23 heavy (non-hydrogen) atoms. The van der Waals surface area contributed by atoms with Gasteiger partial charge in [-0.3, -0.25) is 4.79 Å². The molecule has 0 spiro atoms. The molecular weight excluding hydrogens is 358 g/mol. The topological polar surface area (TPSA) is 55.4 Å². The van der Waals surface area contributed by atoms with Crippen molar-refractivity contribution >= 4 is 39.6 Å². The number of rotatable bonds is 5. The molecule has 0 heterocycles. The Bertz CT molecular complexity index is 706. The van der Waals surface area contributed by atoms with Crippen LogP contribution < -0.4 is 5.32 Å². The van der Waals surface area contributed by atoms with Gasteiger partial charge in [0, 0.05) is 16.2 Å². The van der Waals surface area contributed by atoms with E-state index < -0.39 is 0 Å². The fraction of sp³-hybridized carbons (Fsp3) is 0.111. The summed E-state index contributed by atoms with van der Waals surface area (Å²) in [5, 5.41) is 2.73. The molecule has 0 aliphatic rings. The van der Waals surface area contributed by atoms with Crippen molar-refractivity contribution < 1.29 is 14.3 Å². The molecule has 0 bridgehead atoms. The van der Waals surface area contributed by atoms with Crippen LogP contribution in [0.1, 0.15) is 22.8 Å². The van der Waals surface area contributed by atoms with Crippen LogP contribution in [0, 0.1) is 0 Å². The Morgan fingerprint density at radius 2 is 1.74 bits per heavy atom. The van der Waals surface area contributed by atoms with E-state index in [1.54, 1.807) is 37.3 Å². The lowest BCUT2D eigenvalue weighted by Gasteiger charge is -2.04. The van der Waals surface area contributed by atoms with Crippen LogP contribution in [0.25, 0.3) is 6.08 Å². The first kappa shape index (κ1) is 17.0. The van der Waals surface area contributed by atoms with E-state index in [0.717, 1.165) is 10.0 Å². The van der Waals surface area contributed by atoms with Gasteiger partial charge in [0.05, 0.1) is 12.2 Å². The van der Waals surface area contributed by atoms with E-state index in [0.29, 0.717) is 17.9 Å². The maximum atomic E-state index is 11.9. The highest BCUT2D eigenvalue weighted by Crippen LogP contribution is 2.13. The monoisotopic (exact) mass is 373 g/mol. The van der Waals surface area contributed by atoms with Crippen LogP contribution >= 0.6 is 15.9 Å². The van der Waals surface area contributed by atoms with E-state index in [1.807, 2.05) is 24.3 Å². The fourth-order valence-corrected chi connectivity index (χ4v) is 2.10. The van der Waals surface area contributed by atoms with Gasteiger partial charge in [0.25, 0.3) is 0 Å². The summed E-state index contributed by atoms with van der Waals surface area (Å²) in [6.45, 7) is 2.09. The third-order valence-electron chi connectivity index (χ3n) is 2.96. The number of halogens is 1. The Morgan fingerprint density at radius 3 is 2.35 bits per heavy atom. The zero-order valence-corrected chi connectivity index (χ0v) is 14.2. The number of hydrogen-bond donors (Lipinski definition) is 1. The molecule has 2 aromatic carbocycles. The lowest BCUT2D eigenvalue weighted by Crippen LogP contribution is -2.08. The minimum atomic E-state index is -0.375. The van der Waals surface area contributed by atoms with Crippen molar-refractivity contribution in [2.45, 2.75) is 6.92 Å². The normalized spacial score (nSPS) is 10.5. The maximum absolute atomic E-state index is 11.9. The molecular formula is C18H16BrNO3. The Balaban J connectivity index is 1.94. The van der Waals surface area contributed by atoms with E-state index in [4.69, 9.17) is 4.74 Å². The lowest BCUT2D eigenvalue weighted by atomic mass is 10.2. The molecule has 0 radical (unpaired) electrons. The highest BCUT2D eigenvalue weighted by atomic mass is 79.9. The molecule has 0 unspecified atom stereocenters. The first-order valence-electron chi connectivity index (χ1n) is 7.10. The highest BCUT2D eigenvalue weighted by Gasteiger charge is 2.06. The van der Waals surface area contributed by atoms with Crippen molar-refractivity contribution in [2.24, 2.45) is 0 Å². The minimum absolute atomic E-state index is 0.239. The molecule has 0 aliphatic heterocycles. The van der Waals surface area contributed by atoms with Crippen molar-refractivity contribution in [3.05, 3.63) is 70.2 Å². The molecule has 5 heteroatoms. The summed E-state index contributed by atoms with van der Waals surface area (Å²) in [7, 11) is 0. The number of anilines is 1. The molecule has 4 nitrogen and oxygen atoms in total. The van der Waals surface area contributed by atoms with Crippen LogP contribution in [-0.2, 0) is 9.53 Å². The van der Waals surface area contributed by atoms with Gasteiger partial charge in [0.15, 0.2) is 0 Å². The SMILES string of the molecule is CCOC(=O)c1ccc(NC(=O)/C=C/c2ccc(Br)cc2)cc1. The fourth-order valence-electron chi connectivity index (χ4n) is 1.83. The van der Waals surface area contributed by atoms with Crippen molar-refractivity contribution in [1.82, 2.24) is 0 Å². The molecule has 0 aliphatic carbocycles. The summed E-state index contributed by atoms with van der Waals surface area (Å²) >= 11 is 3.36. The third-order valence-corrected chi connectivity index (χ3v) is 3.49. The maximum Gasteiger partial charge on any atom is 0.338 e. The molecule has 1 amide bonds. The summed E-state index contributed by atoms with van der Waals surface area (Å²) in [4.78, 5) is 23.4. The van der Waals surface area contributed by atoms with Gasteiger partial charge < -0.3 is 10.1 Å². The second-order valence-corrected chi connectivity index (χ2v) is 5.59. The van der Waals surface area contributed by atoms with Gasteiger partial charge in [-0.1, -0.05) is 28.1 Å². The Labute approximate surface area is 143 Å². The third kappa shape index (κ3) is 5.38. The summed E-state index contributed by atoms with van der Waals surface area (Å²) in [6, 6.07) is 14.2. The lowest BCUT2D eigenvalue weighted by molar-refractivity contribution is -0.111. The Kier molecular flexibility index (Phi) is 6.11. The van der Waals surface area contributed by atoms with Gasteiger partial charge >= 0.3 is 5.97 Å². The summed E-state index contributed by atoms with van der Waals surface area (Å²) in [6.07, 6.45) is 3.19. The number of carbonyl (C=O) groups is 2. The average molecular weight is 374 g/mol. The molecule has 0 aromatic heterocycles. The zero-order valence-electron chi connectivity index (χ0n) is 12.6. The number of esters is 1. The number of amides is 1. The van der Waals surface area contributed by atoms with Crippen molar-refractivity contribution in [3.63, 3.8) is 0 Å². The van der Waals surface area contributed by atoms with Gasteiger partial charge in [-0.2, -0.15) is 0 Å². The van der Waals surface area contributed by atoms with E-state index >= 15 is 0 Å². The van der Waals surface area contributed by atoms with Crippen molar-refractivity contribution in [2.75, 3.05) is 11.9 Å². The second kappa shape index (κ2) is 8.29. The van der Waals surface area contributed by atoms with Crippen LogP contribution in [0.15, 0.2) is 59.1 Å². The number of ether oxygens (including phenoxy) is 1. The summed E-state index contributed by atoms with van der Waals surface area (Å²) in [5.41, 5.74) is 2.00. The molecule has 0 saturated heterocycles. The molecule has 0 fully saturated rings. The van der Waals surface area contributed by atoms with Gasteiger partial charge in [0.2, 0.25) is 5.91 Å². The van der Waals surface area contributed by atoms with Crippen LogP contribution in [0.4, 0.5) is 5.69 Å². The standard InChI is InChI=1S/C18H16BrNO3/c1-2-23-18(22)14-6-10-16(11-7-14)20-17(21)12-5-13-3-8-15(19)9-4-13/h3-12H,2H2,1H3,(H,20,21)/b12-5+. The van der Waals surface area contributed by atoms with Crippen molar-refractivity contribution in [3.8, 4) is 0 Å². The first-order valence-corrected chi connectivity index (χ1v) is 7.89. The molecule has 2 rings (SSSR count). The predicted octanol–water partition coefficient (Wildman–Crippen LogP) is 4.28. The van der Waals surface area contributed by atoms with E-state index in [1.165, 1.54) is 6.08 Å². The Hall–Kier alpha value is -2.40. The van der Waals surface area contributed by atoms with Crippen molar-refractivity contribution in [1.29, 1.82) is 0 Å². The molecule has 0 saturated carbocycles. The van der Waals surface area contributed by atoms with Crippen LogP contribution in [-0.4, -0.2) is 18.5 Å². The smallest absolute Gasteiger partial charge is 0.338 e. The van der Waals surface area contributed by atoms with E-state index in [9.17, 15) is 9.59 Å². The molecule has 0 atom stereocenters. The van der Waals surface area contributed by atoms with Gasteiger partial charge in [-0.05, 0) is 55.0 Å². The molecule has 1 N–H and O–H groups in total. The number of hydrogen-bond acceptors (Lipinski definition) is 3. The molecule has 118 valence electrons. The van der Waals surface area contributed by atoms with Crippen LogP contribution in [0.2, 0.25) is 0 Å². The van der Waals surface area contributed by atoms with Gasteiger partial charge in [0.1, 0.15) is 0 Å². The molecule has 2 aromatic rings. The quantitative estimate of drug-likeness (QED) is 0.628. The minimum Gasteiger partial charge on any atom is -0.462 e. The largest absolute Gasteiger partial charge is 0.462 e. The number of nitrogens with one attached hydrogen (secondary N) is 1. The van der Waals surface area contributed by atoms with Gasteiger partial charge in [-0.15, -0.1) is 0 Å². The van der Waals surface area contributed by atoms with Gasteiger partial charge in [-0.25, -0.2) is 4.79 Å². The Morgan fingerprint density at radius 1 is 1.09 bits per heavy atom. The summed E-state index contributed by atoms with van der Waals surface area (Å²) in [5.74, 6) is -0.614. The average Bonchev–Trinajstić information content (AvgIpc) is 2.55. The van der Waals surface area contributed by atoms with Crippen LogP contribution in [0.5, 0.6) is 0 Å². The zero-order chi connectivity index (χ0) is 16.7.